The fourth-order valence-corrected chi connectivity index (χ4v) is 5.36. The number of hydrogen-bond acceptors (Lipinski definition) is 4. The van der Waals surface area contributed by atoms with Crippen LogP contribution < -0.4 is 0 Å². The number of oxazole rings is 1. The van der Waals surface area contributed by atoms with Crippen molar-refractivity contribution in [2.75, 3.05) is 11.5 Å². The summed E-state index contributed by atoms with van der Waals surface area (Å²) in [5.41, 5.74) is 4.06. The van der Waals surface area contributed by atoms with Gasteiger partial charge in [-0.2, -0.15) is 0 Å². The zero-order valence-corrected chi connectivity index (χ0v) is 18.0. The molecule has 3 rings (SSSR count). The van der Waals surface area contributed by atoms with Crippen molar-refractivity contribution in [3.63, 3.8) is 0 Å². The maximum atomic E-state index is 6.02. The number of hydrogen-bond donors (Lipinski definition) is 0. The second kappa shape index (κ2) is 10.3. The first kappa shape index (κ1) is 20.4. The molecule has 2 aromatic carbocycles. The van der Waals surface area contributed by atoms with E-state index >= 15 is 0 Å². The first-order valence-electron chi connectivity index (χ1n) is 9.27. The van der Waals surface area contributed by atoms with Gasteiger partial charge in [-0.15, -0.1) is 23.5 Å². The van der Waals surface area contributed by atoms with E-state index in [1.54, 1.807) is 0 Å². The van der Waals surface area contributed by atoms with Gasteiger partial charge in [0.15, 0.2) is 5.58 Å². The molecule has 0 aliphatic rings. The molecule has 142 valence electrons. The standard InChI is InChI=1S/C22H24ClNOS2/c1-3-12-26-22(27-13-4-2)17-7-5-6-16(14-17)8-11-21-24-19-15-18(23)9-10-20(19)25-21/h5-11,14-15,22H,3-4,12-13H2,1-2H3/b11-8+. The van der Waals surface area contributed by atoms with Gasteiger partial charge in [0.05, 0.1) is 4.58 Å². The van der Waals surface area contributed by atoms with Crippen molar-refractivity contribution < 1.29 is 4.42 Å². The fraction of sp³-hybridized carbons (Fsp3) is 0.318. The third-order valence-corrected chi connectivity index (χ3v) is 7.40. The summed E-state index contributed by atoms with van der Waals surface area (Å²) in [6.45, 7) is 4.47. The Labute approximate surface area is 174 Å². The van der Waals surface area contributed by atoms with Crippen LogP contribution in [0.2, 0.25) is 5.02 Å². The monoisotopic (exact) mass is 417 g/mol. The molecule has 3 aromatic rings. The second-order valence-electron chi connectivity index (χ2n) is 6.24. The summed E-state index contributed by atoms with van der Waals surface area (Å²) in [4.78, 5) is 4.48. The minimum atomic E-state index is 0.490. The van der Waals surface area contributed by atoms with Crippen LogP contribution in [0.5, 0.6) is 0 Å². The quantitative estimate of drug-likeness (QED) is 0.330. The van der Waals surface area contributed by atoms with Crippen LogP contribution in [0.1, 0.15) is 48.3 Å². The lowest BCUT2D eigenvalue weighted by Gasteiger charge is -2.16. The van der Waals surface area contributed by atoms with Crippen LogP contribution in [0.25, 0.3) is 23.3 Å². The minimum Gasteiger partial charge on any atom is -0.437 e. The van der Waals surface area contributed by atoms with E-state index in [4.69, 9.17) is 16.0 Å². The Kier molecular flexibility index (Phi) is 7.74. The summed E-state index contributed by atoms with van der Waals surface area (Å²) in [5, 5.41) is 0.666. The molecule has 0 amide bonds. The van der Waals surface area contributed by atoms with Gasteiger partial charge in [-0.25, -0.2) is 4.98 Å². The molecule has 0 fully saturated rings. The number of thioether (sulfide) groups is 2. The van der Waals surface area contributed by atoms with Crippen LogP contribution in [0.4, 0.5) is 0 Å². The topological polar surface area (TPSA) is 26.0 Å². The number of nitrogens with zero attached hydrogens (tertiary/aromatic N) is 1. The number of fused-ring (bicyclic) bond motifs is 1. The van der Waals surface area contributed by atoms with Gasteiger partial charge in [-0.1, -0.05) is 43.6 Å². The molecular weight excluding hydrogens is 394 g/mol. The maximum Gasteiger partial charge on any atom is 0.220 e. The molecule has 0 aliphatic carbocycles. The Morgan fingerprint density at radius 1 is 1.04 bits per heavy atom. The first-order valence-corrected chi connectivity index (χ1v) is 11.7. The molecule has 5 heteroatoms. The Bertz CT molecular complexity index is 898. The number of benzene rings is 2. The van der Waals surface area contributed by atoms with Crippen LogP contribution in [0.3, 0.4) is 0 Å². The van der Waals surface area contributed by atoms with Gasteiger partial charge >= 0.3 is 0 Å². The molecule has 0 N–H and O–H groups in total. The van der Waals surface area contributed by atoms with Crippen molar-refractivity contribution in [1.82, 2.24) is 4.98 Å². The summed E-state index contributed by atoms with van der Waals surface area (Å²) >= 11 is 10.1. The maximum absolute atomic E-state index is 6.02. The molecule has 0 spiro atoms. The van der Waals surface area contributed by atoms with E-state index in [9.17, 15) is 0 Å². The van der Waals surface area contributed by atoms with Crippen molar-refractivity contribution in [3.8, 4) is 0 Å². The van der Waals surface area contributed by atoms with Gasteiger partial charge in [0.25, 0.3) is 0 Å². The van der Waals surface area contributed by atoms with Crippen LogP contribution in [0.15, 0.2) is 46.9 Å². The average molecular weight is 418 g/mol. The van der Waals surface area contributed by atoms with E-state index < -0.39 is 0 Å². The molecule has 0 unspecified atom stereocenters. The van der Waals surface area contributed by atoms with Crippen molar-refractivity contribution >= 4 is 58.4 Å². The van der Waals surface area contributed by atoms with Gasteiger partial charge < -0.3 is 4.42 Å². The van der Waals surface area contributed by atoms with E-state index in [2.05, 4.69) is 49.2 Å². The second-order valence-corrected chi connectivity index (χ2v) is 9.40. The zero-order chi connectivity index (χ0) is 19.1. The van der Waals surface area contributed by atoms with Crippen molar-refractivity contribution in [1.29, 1.82) is 0 Å². The lowest BCUT2D eigenvalue weighted by molar-refractivity contribution is 0.590. The average Bonchev–Trinajstić information content (AvgIpc) is 3.09. The zero-order valence-electron chi connectivity index (χ0n) is 15.7. The summed E-state index contributed by atoms with van der Waals surface area (Å²) in [6, 6.07) is 14.2. The predicted octanol–water partition coefficient (Wildman–Crippen LogP) is 7.94. The van der Waals surface area contributed by atoms with E-state index in [1.807, 2.05) is 47.8 Å². The van der Waals surface area contributed by atoms with Crippen LogP contribution >= 0.6 is 35.1 Å². The Morgan fingerprint density at radius 3 is 2.56 bits per heavy atom. The molecular formula is C22H24ClNOS2. The summed E-state index contributed by atoms with van der Waals surface area (Å²) in [5.74, 6) is 2.97. The predicted molar refractivity (Wildman–Crippen MR) is 123 cm³/mol. The highest BCUT2D eigenvalue weighted by Crippen LogP contribution is 2.40. The van der Waals surface area contributed by atoms with Gasteiger partial charge in [-0.3, -0.25) is 0 Å². The van der Waals surface area contributed by atoms with Crippen molar-refractivity contribution in [2.45, 2.75) is 31.3 Å². The Balaban J connectivity index is 1.77. The van der Waals surface area contributed by atoms with E-state index in [1.165, 1.54) is 29.9 Å². The minimum absolute atomic E-state index is 0.490. The van der Waals surface area contributed by atoms with E-state index in [-0.39, 0.29) is 0 Å². The van der Waals surface area contributed by atoms with Crippen molar-refractivity contribution in [3.05, 3.63) is 64.5 Å². The smallest absolute Gasteiger partial charge is 0.220 e. The molecule has 0 bridgehead atoms. The highest BCUT2D eigenvalue weighted by Gasteiger charge is 2.12. The number of halogens is 1. The largest absolute Gasteiger partial charge is 0.437 e. The third-order valence-electron chi connectivity index (χ3n) is 3.91. The van der Waals surface area contributed by atoms with E-state index in [0.29, 0.717) is 15.5 Å². The van der Waals surface area contributed by atoms with Crippen LogP contribution in [0, 0.1) is 0 Å². The van der Waals surface area contributed by atoms with Crippen LogP contribution in [-0.2, 0) is 0 Å². The van der Waals surface area contributed by atoms with Gasteiger partial charge in [-0.05, 0) is 65.8 Å². The third kappa shape index (κ3) is 5.81. The highest BCUT2D eigenvalue weighted by molar-refractivity contribution is 8.16. The lowest BCUT2D eigenvalue weighted by atomic mass is 10.1. The fourth-order valence-electron chi connectivity index (χ4n) is 2.66. The molecule has 2 nitrogen and oxygen atoms in total. The Hall–Kier alpha value is -1.36. The summed E-state index contributed by atoms with van der Waals surface area (Å²) in [7, 11) is 0. The molecule has 1 heterocycles. The van der Waals surface area contributed by atoms with E-state index in [0.717, 1.165) is 16.7 Å². The Morgan fingerprint density at radius 2 is 1.81 bits per heavy atom. The lowest BCUT2D eigenvalue weighted by Crippen LogP contribution is -1.93. The molecule has 0 aliphatic heterocycles. The first-order chi connectivity index (χ1) is 13.2. The molecule has 0 saturated carbocycles. The molecule has 27 heavy (non-hydrogen) atoms. The van der Waals surface area contributed by atoms with Crippen molar-refractivity contribution in [2.24, 2.45) is 0 Å². The molecule has 0 radical (unpaired) electrons. The van der Waals surface area contributed by atoms with Gasteiger partial charge in [0.2, 0.25) is 5.89 Å². The van der Waals surface area contributed by atoms with Crippen LogP contribution in [-0.4, -0.2) is 16.5 Å². The number of aromatic nitrogens is 1. The highest BCUT2D eigenvalue weighted by atomic mass is 35.5. The SMILES string of the molecule is CCCSC(SCCC)c1cccc(/C=C/c2nc3cc(Cl)ccc3o2)c1. The summed E-state index contributed by atoms with van der Waals surface area (Å²) < 4.78 is 6.25. The van der Waals surface area contributed by atoms with Gasteiger partial charge in [0, 0.05) is 11.1 Å². The molecule has 1 aromatic heterocycles. The summed E-state index contributed by atoms with van der Waals surface area (Å²) in [6.07, 6.45) is 6.38. The molecule has 0 saturated heterocycles. The molecule has 0 atom stereocenters. The normalized spacial score (nSPS) is 11.9. The number of rotatable bonds is 9. The van der Waals surface area contributed by atoms with Gasteiger partial charge in [0.1, 0.15) is 5.52 Å².